The first kappa shape index (κ1) is 37.1. The molecular formula is C40H31Cl2I2N3O7. The summed E-state index contributed by atoms with van der Waals surface area (Å²) in [4.78, 5) is 60.4. The van der Waals surface area contributed by atoms with Gasteiger partial charge in [0.15, 0.2) is 11.5 Å². The molecule has 10 nitrogen and oxygen atoms in total. The van der Waals surface area contributed by atoms with Gasteiger partial charge in [-0.05, 0) is 142 Å². The molecule has 0 aromatic heterocycles. The number of carbonyl (C=O) groups excluding carboxylic acids is 4. The number of aromatic hydroxyl groups is 1. The van der Waals surface area contributed by atoms with Gasteiger partial charge in [0, 0.05) is 14.5 Å². The van der Waals surface area contributed by atoms with Gasteiger partial charge in [-0.25, -0.2) is 0 Å². The van der Waals surface area contributed by atoms with Crippen LogP contribution in [0.3, 0.4) is 0 Å². The molecule has 2 N–H and O–H groups in total. The molecular weight excluding hydrogens is 959 g/mol. The summed E-state index contributed by atoms with van der Waals surface area (Å²) in [5, 5.41) is 12.6. The van der Waals surface area contributed by atoms with Gasteiger partial charge >= 0.3 is 0 Å². The van der Waals surface area contributed by atoms with Gasteiger partial charge in [0.25, 0.3) is 11.8 Å². The van der Waals surface area contributed by atoms with Crippen LogP contribution in [-0.4, -0.2) is 48.0 Å². The highest BCUT2D eigenvalue weighted by molar-refractivity contribution is 14.1. The molecule has 4 aromatic rings. The molecule has 14 heteroatoms. The number of carbonyl (C=O) groups is 4. The lowest BCUT2D eigenvalue weighted by Gasteiger charge is -2.50. The van der Waals surface area contributed by atoms with E-state index in [4.69, 9.17) is 32.7 Å². The van der Waals surface area contributed by atoms with Crippen molar-refractivity contribution in [2.24, 2.45) is 23.7 Å². The van der Waals surface area contributed by atoms with E-state index in [2.05, 4.69) is 28.0 Å². The van der Waals surface area contributed by atoms with Crippen LogP contribution in [0, 0.1) is 30.8 Å². The molecule has 0 bridgehead atoms. The smallest absolute Gasteiger partial charge is 0.260 e. The summed E-state index contributed by atoms with van der Waals surface area (Å²) in [6.45, 7) is 0. The monoisotopic (exact) mass is 989 g/mol. The Kier molecular flexibility index (Phi) is 9.62. The Hall–Kier alpha value is -3.86. The van der Waals surface area contributed by atoms with Crippen LogP contribution >= 0.6 is 68.4 Å². The molecule has 2 saturated heterocycles. The van der Waals surface area contributed by atoms with Gasteiger partial charge in [-0.15, -0.1) is 0 Å². The number of phenolic OH excluding ortho intramolecular Hbond substituents is 1. The highest BCUT2D eigenvalue weighted by atomic mass is 127. The fourth-order valence-corrected chi connectivity index (χ4v) is 10.4. The fraction of sp³-hybridized carbons (Fsp3) is 0.250. The number of nitrogens with one attached hydrogen (secondary N) is 1. The molecule has 2 heterocycles. The van der Waals surface area contributed by atoms with Gasteiger partial charge in [0.1, 0.15) is 5.75 Å². The van der Waals surface area contributed by atoms with Crippen LogP contribution in [0.5, 0.6) is 17.2 Å². The Morgan fingerprint density at radius 2 is 1.57 bits per heavy atom. The van der Waals surface area contributed by atoms with Crippen LogP contribution < -0.4 is 19.8 Å². The number of halogens is 4. The van der Waals surface area contributed by atoms with Crippen LogP contribution in [0.4, 0.5) is 11.4 Å². The van der Waals surface area contributed by atoms with E-state index in [-0.39, 0.29) is 41.2 Å². The highest BCUT2D eigenvalue weighted by Gasteiger charge is 2.70. The van der Waals surface area contributed by atoms with Crippen LogP contribution in [0.25, 0.3) is 0 Å². The third kappa shape index (κ3) is 5.61. The summed E-state index contributed by atoms with van der Waals surface area (Å²) >= 11 is 16.9. The number of methoxy groups -OCH3 is 2. The zero-order valence-corrected chi connectivity index (χ0v) is 34.5. The van der Waals surface area contributed by atoms with E-state index in [0.29, 0.717) is 36.8 Å². The summed E-state index contributed by atoms with van der Waals surface area (Å²) in [5.74, 6) is -4.84. The van der Waals surface area contributed by atoms with Gasteiger partial charge in [-0.1, -0.05) is 47.0 Å². The third-order valence-electron chi connectivity index (χ3n) is 11.3. The van der Waals surface area contributed by atoms with Crippen LogP contribution in [0.2, 0.25) is 10.0 Å². The number of phenols is 1. The van der Waals surface area contributed by atoms with Crippen molar-refractivity contribution in [3.8, 4) is 17.2 Å². The Balaban J connectivity index is 1.35. The predicted molar refractivity (Wildman–Crippen MR) is 220 cm³/mol. The first-order chi connectivity index (χ1) is 25.9. The maximum atomic E-state index is 15.5. The standard InChI is InChI=1S/C40H31Cl2I2N3O7/c1-53-24-10-3-20(4-11-24)40-28(37(50)47(39(40)52)45-31-14-5-21(41)17-29(31)42)18-27-25(34(40)19-15-30(44)35(48)32(16-19)54-2)12-13-26-33(27)38(51)46(36(26)49)23-8-6-22(43)7-9-23/h3-12,14-17,26-28,33-34,45,48H,13,18H2,1-2H3. The number of hydrogen-bond donors (Lipinski definition) is 2. The summed E-state index contributed by atoms with van der Waals surface area (Å²) in [6, 6.07) is 22.5. The molecule has 8 rings (SSSR count). The highest BCUT2D eigenvalue weighted by Crippen LogP contribution is 2.64. The van der Waals surface area contributed by atoms with Crippen molar-refractivity contribution >= 4 is 103 Å². The van der Waals surface area contributed by atoms with Gasteiger partial charge < -0.3 is 14.6 Å². The minimum atomic E-state index is -1.56. The second-order valence-corrected chi connectivity index (χ2v) is 17.0. The minimum Gasteiger partial charge on any atom is -0.504 e. The predicted octanol–water partition coefficient (Wildman–Crippen LogP) is 8.11. The number of imide groups is 2. The number of amides is 4. The van der Waals surface area contributed by atoms with Gasteiger partial charge in [0.05, 0.1) is 57.4 Å². The van der Waals surface area contributed by atoms with E-state index in [9.17, 15) is 19.5 Å². The van der Waals surface area contributed by atoms with Gasteiger partial charge in [-0.3, -0.25) is 29.5 Å². The second-order valence-electron chi connectivity index (χ2n) is 13.8. The Morgan fingerprint density at radius 3 is 2.24 bits per heavy atom. The molecule has 4 aromatic carbocycles. The molecule has 1 saturated carbocycles. The van der Waals surface area contributed by atoms with Gasteiger partial charge in [0.2, 0.25) is 11.8 Å². The molecule has 0 spiro atoms. The number of anilines is 2. The molecule has 6 atom stereocenters. The topological polar surface area (TPSA) is 125 Å². The molecule has 2 aliphatic heterocycles. The minimum absolute atomic E-state index is 0.0684. The molecule has 0 radical (unpaired) electrons. The molecule has 4 amide bonds. The van der Waals surface area contributed by atoms with E-state index < -0.39 is 46.8 Å². The summed E-state index contributed by atoms with van der Waals surface area (Å²) < 4.78 is 12.5. The number of rotatable bonds is 7. The summed E-state index contributed by atoms with van der Waals surface area (Å²) in [5.41, 5.74) is 4.15. The van der Waals surface area contributed by atoms with Crippen LogP contribution in [-0.2, 0) is 24.6 Å². The Morgan fingerprint density at radius 1 is 0.852 bits per heavy atom. The number of ether oxygens (including phenoxy) is 2. The fourth-order valence-electron chi connectivity index (χ4n) is 8.98. The largest absolute Gasteiger partial charge is 0.504 e. The maximum Gasteiger partial charge on any atom is 0.260 e. The van der Waals surface area contributed by atoms with Crippen molar-refractivity contribution in [2.75, 3.05) is 24.5 Å². The van der Waals surface area contributed by atoms with E-state index in [1.165, 1.54) is 18.1 Å². The van der Waals surface area contributed by atoms with E-state index >= 15 is 4.79 Å². The molecule has 276 valence electrons. The lowest BCUT2D eigenvalue weighted by molar-refractivity contribution is -0.138. The first-order valence-electron chi connectivity index (χ1n) is 17.0. The lowest BCUT2D eigenvalue weighted by Crippen LogP contribution is -2.53. The zero-order chi connectivity index (χ0) is 38.2. The van der Waals surface area contributed by atoms with Gasteiger partial charge in [-0.2, -0.15) is 5.01 Å². The number of hydrazine groups is 1. The maximum absolute atomic E-state index is 15.5. The van der Waals surface area contributed by atoms with Crippen LogP contribution in [0.15, 0.2) is 90.5 Å². The Bertz CT molecular complexity index is 2290. The molecule has 54 heavy (non-hydrogen) atoms. The number of allylic oxidation sites excluding steroid dienone is 2. The number of fused-ring (bicyclic) bond motifs is 4. The SMILES string of the molecule is COc1ccc(C23C(=O)N(Nc4ccc(Cl)cc4Cl)C(=O)C2CC2C(=CCC4C(=O)N(c5ccc(I)cc5)C(=O)C42)C3c2cc(I)c(O)c(OC)c2)cc1. The quantitative estimate of drug-likeness (QED) is 0.108. The van der Waals surface area contributed by atoms with Crippen molar-refractivity contribution in [2.45, 2.75) is 24.2 Å². The summed E-state index contributed by atoms with van der Waals surface area (Å²) in [6.07, 6.45) is 2.35. The van der Waals surface area contributed by atoms with Crippen molar-refractivity contribution in [1.29, 1.82) is 0 Å². The Labute approximate surface area is 348 Å². The van der Waals surface area contributed by atoms with Crippen molar-refractivity contribution in [1.82, 2.24) is 5.01 Å². The number of hydrogen-bond acceptors (Lipinski definition) is 8. The van der Waals surface area contributed by atoms with Crippen LogP contribution in [0.1, 0.15) is 29.9 Å². The van der Waals surface area contributed by atoms with Crippen molar-refractivity contribution < 1.29 is 33.8 Å². The molecule has 2 aliphatic carbocycles. The molecule has 4 aliphatic rings. The van der Waals surface area contributed by atoms with E-state index in [0.717, 1.165) is 14.2 Å². The lowest BCUT2D eigenvalue weighted by atomic mass is 9.49. The number of nitrogens with zero attached hydrogens (tertiary/aromatic N) is 2. The molecule has 3 fully saturated rings. The van der Waals surface area contributed by atoms with Crippen molar-refractivity contribution in [3.05, 3.63) is 119 Å². The second kappa shape index (κ2) is 14.0. The number of benzene rings is 4. The average molecular weight is 990 g/mol. The molecule has 6 unspecified atom stereocenters. The summed E-state index contributed by atoms with van der Waals surface area (Å²) in [7, 11) is 2.99. The van der Waals surface area contributed by atoms with E-state index in [1.807, 2.05) is 40.8 Å². The zero-order valence-electron chi connectivity index (χ0n) is 28.7. The third-order valence-corrected chi connectivity index (χ3v) is 13.4. The van der Waals surface area contributed by atoms with E-state index in [1.54, 1.807) is 67.8 Å². The first-order valence-corrected chi connectivity index (χ1v) is 20.0. The van der Waals surface area contributed by atoms with Crippen molar-refractivity contribution in [3.63, 3.8) is 0 Å². The average Bonchev–Trinajstić information content (AvgIpc) is 3.54. The normalized spacial score (nSPS) is 26.0.